The van der Waals surface area contributed by atoms with Crippen LogP contribution in [0.4, 0.5) is 18.9 Å². The fourth-order valence-electron chi connectivity index (χ4n) is 3.53. The van der Waals surface area contributed by atoms with Crippen molar-refractivity contribution in [1.29, 1.82) is 0 Å². The normalized spacial score (nSPS) is 11.6. The number of anilines is 1. The molecule has 0 bridgehead atoms. The third kappa shape index (κ3) is 5.11. The van der Waals surface area contributed by atoms with E-state index >= 15 is 0 Å². The zero-order valence-corrected chi connectivity index (χ0v) is 17.8. The Balaban J connectivity index is 1.66. The molecule has 164 valence electrons. The number of halogens is 3. The van der Waals surface area contributed by atoms with Gasteiger partial charge >= 0.3 is 6.18 Å². The zero-order valence-electron chi connectivity index (χ0n) is 17.0. The molecule has 0 aliphatic heterocycles. The summed E-state index contributed by atoms with van der Waals surface area (Å²) in [5.74, 6) is -0.690. The molecule has 0 radical (unpaired) electrons. The van der Waals surface area contributed by atoms with Gasteiger partial charge in [0.25, 0.3) is 0 Å². The van der Waals surface area contributed by atoms with E-state index in [1.165, 1.54) is 22.3 Å². The van der Waals surface area contributed by atoms with Gasteiger partial charge in [0.15, 0.2) is 0 Å². The average molecular weight is 456 g/mol. The number of phenolic OH excluding ortho intramolecular Hbond substituents is 1. The van der Waals surface area contributed by atoms with Crippen LogP contribution < -0.4 is 4.90 Å². The van der Waals surface area contributed by atoms with Gasteiger partial charge in [-0.25, -0.2) is 0 Å². The monoisotopic (exact) mass is 455 g/mol. The molecule has 0 saturated carbocycles. The molecule has 4 rings (SSSR count). The Morgan fingerprint density at radius 3 is 2.34 bits per heavy atom. The highest BCUT2D eigenvalue weighted by Crippen LogP contribution is 2.35. The van der Waals surface area contributed by atoms with Gasteiger partial charge in [0.1, 0.15) is 5.75 Å². The lowest BCUT2D eigenvalue weighted by Crippen LogP contribution is -2.31. The van der Waals surface area contributed by atoms with Crippen molar-refractivity contribution in [2.45, 2.75) is 25.6 Å². The van der Waals surface area contributed by atoms with Crippen molar-refractivity contribution in [2.24, 2.45) is 0 Å². The highest BCUT2D eigenvalue weighted by atomic mass is 32.1. The second-order valence-corrected chi connectivity index (χ2v) is 8.58. The van der Waals surface area contributed by atoms with Gasteiger partial charge in [-0.2, -0.15) is 13.2 Å². The van der Waals surface area contributed by atoms with Gasteiger partial charge in [-0.3, -0.25) is 4.79 Å². The second-order valence-electron chi connectivity index (χ2n) is 7.41. The number of rotatable bonds is 6. The average Bonchev–Trinajstić information content (AvgIpc) is 3.18. The molecule has 0 spiro atoms. The smallest absolute Gasteiger partial charge is 0.389 e. The predicted molar refractivity (Wildman–Crippen MR) is 122 cm³/mol. The number of aromatic hydroxyl groups is 1. The van der Waals surface area contributed by atoms with Gasteiger partial charge in [0.05, 0.1) is 13.0 Å². The molecule has 1 heterocycles. The summed E-state index contributed by atoms with van der Waals surface area (Å²) in [5.41, 5.74) is 1.74. The number of benzene rings is 3. The first-order valence-corrected chi connectivity index (χ1v) is 10.8. The van der Waals surface area contributed by atoms with Crippen molar-refractivity contribution in [3.63, 3.8) is 0 Å². The van der Waals surface area contributed by atoms with Gasteiger partial charge in [0, 0.05) is 33.3 Å². The van der Waals surface area contributed by atoms with Gasteiger partial charge in [0.2, 0.25) is 5.91 Å². The maximum atomic E-state index is 12.8. The lowest BCUT2D eigenvalue weighted by molar-refractivity contribution is -0.143. The van der Waals surface area contributed by atoms with Crippen LogP contribution >= 0.6 is 11.3 Å². The van der Waals surface area contributed by atoms with Crippen LogP contribution in [0.5, 0.6) is 5.75 Å². The molecule has 0 aliphatic rings. The van der Waals surface area contributed by atoms with E-state index in [0.717, 1.165) is 20.5 Å². The van der Waals surface area contributed by atoms with Crippen molar-refractivity contribution < 1.29 is 23.1 Å². The van der Waals surface area contributed by atoms with E-state index in [1.54, 1.807) is 12.1 Å². The molecule has 0 unspecified atom stereocenters. The number of alkyl halides is 3. The van der Waals surface area contributed by atoms with Gasteiger partial charge < -0.3 is 10.0 Å². The standard InChI is InChI=1S/C25H20F3NO2S/c26-25(27,28)13-12-24(31)29(16-20-14-18-8-4-5-9-23(18)32-20)19-10-11-21(22(30)15-19)17-6-2-1-3-7-17/h1-11,14-15,30H,12-13,16H2. The Labute approximate surface area is 187 Å². The molecule has 32 heavy (non-hydrogen) atoms. The predicted octanol–water partition coefficient (Wildman–Crippen LogP) is 7.15. The molecule has 0 saturated heterocycles. The third-order valence-corrected chi connectivity index (χ3v) is 6.19. The minimum absolute atomic E-state index is 0.0429. The fourth-order valence-corrected chi connectivity index (χ4v) is 4.58. The molecule has 7 heteroatoms. The molecule has 1 aromatic heterocycles. The third-order valence-electron chi connectivity index (χ3n) is 5.09. The second kappa shape index (κ2) is 9.04. The minimum atomic E-state index is -4.42. The van der Waals surface area contributed by atoms with Crippen LogP contribution in [-0.4, -0.2) is 17.2 Å². The van der Waals surface area contributed by atoms with Crippen molar-refractivity contribution in [3.8, 4) is 16.9 Å². The van der Waals surface area contributed by atoms with Crippen molar-refractivity contribution in [3.05, 3.63) is 83.7 Å². The minimum Gasteiger partial charge on any atom is -0.507 e. The Kier molecular flexibility index (Phi) is 6.19. The van der Waals surface area contributed by atoms with E-state index in [4.69, 9.17) is 0 Å². The number of phenols is 1. The Bertz CT molecular complexity index is 1200. The number of thiophene rings is 1. The van der Waals surface area contributed by atoms with Crippen LogP contribution in [0.25, 0.3) is 21.2 Å². The molecular weight excluding hydrogens is 435 g/mol. The number of fused-ring (bicyclic) bond motifs is 1. The highest BCUT2D eigenvalue weighted by Gasteiger charge is 2.30. The number of hydrogen-bond acceptors (Lipinski definition) is 3. The molecule has 3 aromatic carbocycles. The van der Waals surface area contributed by atoms with Crippen molar-refractivity contribution in [1.82, 2.24) is 0 Å². The lowest BCUT2D eigenvalue weighted by Gasteiger charge is -2.23. The van der Waals surface area contributed by atoms with Crippen LogP contribution in [-0.2, 0) is 11.3 Å². The highest BCUT2D eigenvalue weighted by molar-refractivity contribution is 7.19. The fraction of sp³-hybridized carbons (Fsp3) is 0.160. The summed E-state index contributed by atoms with van der Waals surface area (Å²) in [5, 5.41) is 11.6. The van der Waals surface area contributed by atoms with Crippen LogP contribution in [0.1, 0.15) is 17.7 Å². The summed E-state index contributed by atoms with van der Waals surface area (Å²) in [7, 11) is 0. The molecule has 3 nitrogen and oxygen atoms in total. The van der Waals surface area contributed by atoms with Crippen LogP contribution in [0, 0.1) is 0 Å². The van der Waals surface area contributed by atoms with Crippen molar-refractivity contribution in [2.75, 3.05) is 4.90 Å². The first kappa shape index (κ1) is 21.9. The van der Waals surface area contributed by atoms with Gasteiger partial charge in [-0.15, -0.1) is 11.3 Å². The molecule has 4 aromatic rings. The number of carbonyl (C=O) groups is 1. The Hall–Kier alpha value is -3.32. The molecular formula is C25H20F3NO2S. The van der Waals surface area contributed by atoms with Crippen LogP contribution in [0.3, 0.4) is 0 Å². The van der Waals surface area contributed by atoms with E-state index < -0.39 is 24.9 Å². The van der Waals surface area contributed by atoms with E-state index in [2.05, 4.69) is 0 Å². The number of carbonyl (C=O) groups excluding carboxylic acids is 1. The van der Waals surface area contributed by atoms with E-state index in [0.29, 0.717) is 11.3 Å². The summed E-state index contributed by atoms with van der Waals surface area (Å²) in [6, 6.07) is 23.7. The summed E-state index contributed by atoms with van der Waals surface area (Å²) in [6.07, 6.45) is -6.27. The van der Waals surface area contributed by atoms with Crippen molar-refractivity contribution >= 4 is 33.0 Å². The van der Waals surface area contributed by atoms with Crippen LogP contribution in [0.15, 0.2) is 78.9 Å². The van der Waals surface area contributed by atoms with E-state index in [-0.39, 0.29) is 12.3 Å². The number of nitrogens with zero attached hydrogens (tertiary/aromatic N) is 1. The Morgan fingerprint density at radius 1 is 0.938 bits per heavy atom. The molecule has 1 amide bonds. The molecule has 1 N–H and O–H groups in total. The topological polar surface area (TPSA) is 40.5 Å². The Morgan fingerprint density at radius 2 is 1.66 bits per heavy atom. The van der Waals surface area contributed by atoms with Gasteiger partial charge in [-0.05, 0) is 35.2 Å². The molecule has 0 atom stereocenters. The molecule has 0 aliphatic carbocycles. The lowest BCUT2D eigenvalue weighted by atomic mass is 10.0. The summed E-state index contributed by atoms with van der Waals surface area (Å²) in [6.45, 7) is 0.125. The van der Waals surface area contributed by atoms with E-state index in [1.807, 2.05) is 60.7 Å². The molecule has 0 fully saturated rings. The SMILES string of the molecule is O=C(CCC(F)(F)F)N(Cc1cc2ccccc2s1)c1ccc(-c2ccccc2)c(O)c1. The maximum Gasteiger partial charge on any atom is 0.389 e. The zero-order chi connectivity index (χ0) is 22.7. The first-order chi connectivity index (χ1) is 15.3. The van der Waals surface area contributed by atoms with Crippen LogP contribution in [0.2, 0.25) is 0 Å². The number of hydrogen-bond donors (Lipinski definition) is 1. The summed E-state index contributed by atoms with van der Waals surface area (Å²) in [4.78, 5) is 15.0. The largest absolute Gasteiger partial charge is 0.507 e. The first-order valence-electron chi connectivity index (χ1n) is 10.0. The quantitative estimate of drug-likeness (QED) is 0.335. The van der Waals surface area contributed by atoms with E-state index in [9.17, 15) is 23.1 Å². The maximum absolute atomic E-state index is 12.8. The summed E-state index contributed by atoms with van der Waals surface area (Å²) >= 11 is 1.49. The number of amides is 1. The summed E-state index contributed by atoms with van der Waals surface area (Å²) < 4.78 is 39.3. The van der Waals surface area contributed by atoms with Gasteiger partial charge in [-0.1, -0.05) is 48.5 Å².